The normalized spacial score (nSPS) is 13.2. The number of carbonyl (C=O) groups excluding carboxylic acids is 1. The third kappa shape index (κ3) is 7.00. The van der Waals surface area contributed by atoms with E-state index in [2.05, 4.69) is 10.6 Å². The predicted octanol–water partition coefficient (Wildman–Crippen LogP) is 4.39. The van der Waals surface area contributed by atoms with Gasteiger partial charge in [0.15, 0.2) is 6.61 Å². The molecule has 6 nitrogen and oxygen atoms in total. The average Bonchev–Trinajstić information content (AvgIpc) is 2.84. The molecule has 0 aliphatic carbocycles. The van der Waals surface area contributed by atoms with Gasteiger partial charge in [0.25, 0.3) is 0 Å². The summed E-state index contributed by atoms with van der Waals surface area (Å²) in [5, 5.41) is 25.8. The van der Waals surface area contributed by atoms with Crippen molar-refractivity contribution in [3.05, 3.63) is 89.5 Å². The number of alkyl halides is 2. The minimum absolute atomic E-state index is 0.0218. The highest BCUT2D eigenvalue weighted by Crippen LogP contribution is 2.29. The number of hydrogen-bond acceptors (Lipinski definition) is 5. The molecular weight excluding hydrogens is 442 g/mol. The van der Waals surface area contributed by atoms with Crippen LogP contribution in [-0.4, -0.2) is 35.8 Å². The second-order valence-corrected chi connectivity index (χ2v) is 8.07. The number of aliphatic hydroxyl groups excluding tert-OH is 1. The Hall–Kier alpha value is -3.49. The Kier molecular flexibility index (Phi) is 8.56. The Labute approximate surface area is 197 Å². The lowest BCUT2D eigenvalue weighted by Crippen LogP contribution is -2.32. The van der Waals surface area contributed by atoms with Gasteiger partial charge in [-0.25, -0.2) is 0 Å². The highest BCUT2D eigenvalue weighted by Gasteiger charge is 2.32. The van der Waals surface area contributed by atoms with Gasteiger partial charge >= 0.3 is 5.92 Å². The lowest BCUT2D eigenvalue weighted by molar-refractivity contribution is -0.105. The summed E-state index contributed by atoms with van der Waals surface area (Å²) in [6, 6.07) is 19.1. The second kappa shape index (κ2) is 11.6. The van der Waals surface area contributed by atoms with E-state index >= 15 is 0 Å². The zero-order chi connectivity index (χ0) is 24.6. The molecule has 0 bridgehead atoms. The molecule has 0 aromatic heterocycles. The van der Waals surface area contributed by atoms with Crippen LogP contribution in [0.2, 0.25) is 0 Å². The third-order valence-corrected chi connectivity index (χ3v) is 5.36. The highest BCUT2D eigenvalue weighted by atomic mass is 19.3. The molecule has 3 aromatic carbocycles. The topological polar surface area (TPSA) is 90.8 Å². The standard InChI is InChI=1S/C26H28F2N2O4/c1-18(29-15-25(33)20-9-12-24(32)23(14-20)30-17-31)13-19-7-10-22(11-8-19)34-16-26(27,28)21-5-3-2-4-6-21/h2-12,14,17-18,25,29,32-33H,13,15-16H2,1H3,(H,30,31)/t18-,25-/m0/s1. The SMILES string of the molecule is C[C@@H](Cc1ccc(OCC(F)(F)c2ccccc2)cc1)NC[C@H](O)c1ccc(O)c(NC=O)c1. The zero-order valence-electron chi connectivity index (χ0n) is 18.7. The van der Waals surface area contributed by atoms with Crippen LogP contribution in [0.3, 0.4) is 0 Å². The summed E-state index contributed by atoms with van der Waals surface area (Å²) < 4.78 is 33.8. The summed E-state index contributed by atoms with van der Waals surface area (Å²) >= 11 is 0. The van der Waals surface area contributed by atoms with E-state index in [1.165, 1.54) is 24.3 Å². The van der Waals surface area contributed by atoms with Crippen molar-refractivity contribution in [1.82, 2.24) is 5.32 Å². The fraction of sp³-hybridized carbons (Fsp3) is 0.269. The van der Waals surface area contributed by atoms with Crippen LogP contribution in [0.15, 0.2) is 72.8 Å². The number of hydrogen-bond donors (Lipinski definition) is 4. The monoisotopic (exact) mass is 470 g/mol. The van der Waals surface area contributed by atoms with E-state index in [0.29, 0.717) is 24.1 Å². The minimum atomic E-state index is -3.08. The highest BCUT2D eigenvalue weighted by molar-refractivity contribution is 5.75. The number of amides is 1. The molecule has 0 fully saturated rings. The van der Waals surface area contributed by atoms with E-state index in [-0.39, 0.29) is 29.6 Å². The molecule has 1 amide bonds. The van der Waals surface area contributed by atoms with Gasteiger partial charge in [0, 0.05) is 18.2 Å². The van der Waals surface area contributed by atoms with Gasteiger partial charge < -0.3 is 25.6 Å². The smallest absolute Gasteiger partial charge is 0.306 e. The van der Waals surface area contributed by atoms with Crippen molar-refractivity contribution in [2.75, 3.05) is 18.5 Å². The first-order valence-electron chi connectivity index (χ1n) is 10.9. The fourth-order valence-corrected chi connectivity index (χ4v) is 3.46. The quantitative estimate of drug-likeness (QED) is 0.233. The van der Waals surface area contributed by atoms with Crippen LogP contribution in [-0.2, 0) is 17.1 Å². The molecule has 0 unspecified atom stereocenters. The summed E-state index contributed by atoms with van der Waals surface area (Å²) in [6.07, 6.45) is 0.273. The number of halogens is 2. The van der Waals surface area contributed by atoms with Crippen molar-refractivity contribution in [2.24, 2.45) is 0 Å². The van der Waals surface area contributed by atoms with E-state index in [9.17, 15) is 23.8 Å². The second-order valence-electron chi connectivity index (χ2n) is 8.07. The van der Waals surface area contributed by atoms with Crippen molar-refractivity contribution < 1.29 is 28.5 Å². The Morgan fingerprint density at radius 2 is 1.76 bits per heavy atom. The molecule has 3 rings (SSSR count). The van der Waals surface area contributed by atoms with Crippen molar-refractivity contribution in [3.8, 4) is 11.5 Å². The summed E-state index contributed by atoms with van der Waals surface area (Å²) in [7, 11) is 0. The lowest BCUT2D eigenvalue weighted by atomic mass is 10.1. The van der Waals surface area contributed by atoms with Crippen LogP contribution in [0.4, 0.5) is 14.5 Å². The number of phenols is 1. The van der Waals surface area contributed by atoms with Crippen molar-refractivity contribution in [2.45, 2.75) is 31.4 Å². The number of phenolic OH excluding ortho intramolecular Hbond substituents is 1. The predicted molar refractivity (Wildman–Crippen MR) is 126 cm³/mol. The molecule has 0 radical (unpaired) electrons. The van der Waals surface area contributed by atoms with Gasteiger partial charge in [0.05, 0.1) is 11.8 Å². The fourth-order valence-electron chi connectivity index (χ4n) is 3.46. The van der Waals surface area contributed by atoms with E-state index in [4.69, 9.17) is 4.74 Å². The Morgan fingerprint density at radius 1 is 1.06 bits per heavy atom. The van der Waals surface area contributed by atoms with Gasteiger partial charge in [-0.3, -0.25) is 4.79 Å². The Balaban J connectivity index is 1.47. The maximum atomic E-state index is 14.3. The molecule has 3 aromatic rings. The zero-order valence-corrected chi connectivity index (χ0v) is 18.7. The van der Waals surface area contributed by atoms with Crippen LogP contribution in [0.5, 0.6) is 11.5 Å². The Morgan fingerprint density at radius 3 is 2.44 bits per heavy atom. The van der Waals surface area contributed by atoms with Crippen LogP contribution >= 0.6 is 0 Å². The number of ether oxygens (including phenoxy) is 1. The number of rotatable bonds is 12. The first-order valence-corrected chi connectivity index (χ1v) is 10.9. The molecule has 180 valence electrons. The van der Waals surface area contributed by atoms with Gasteiger partial charge in [-0.1, -0.05) is 48.5 Å². The molecule has 0 saturated carbocycles. The molecule has 34 heavy (non-hydrogen) atoms. The molecule has 0 aliphatic heterocycles. The molecule has 4 N–H and O–H groups in total. The van der Waals surface area contributed by atoms with E-state index < -0.39 is 18.6 Å². The van der Waals surface area contributed by atoms with Crippen LogP contribution in [0.25, 0.3) is 0 Å². The van der Waals surface area contributed by atoms with E-state index in [1.54, 1.807) is 36.4 Å². The third-order valence-electron chi connectivity index (χ3n) is 5.36. The summed E-state index contributed by atoms with van der Waals surface area (Å²) in [5.41, 5.74) is 1.68. The first kappa shape index (κ1) is 25.1. The molecule has 8 heteroatoms. The van der Waals surface area contributed by atoms with E-state index in [1.807, 2.05) is 19.1 Å². The summed E-state index contributed by atoms with van der Waals surface area (Å²) in [6.45, 7) is 1.49. The average molecular weight is 471 g/mol. The van der Waals surface area contributed by atoms with Crippen molar-refractivity contribution in [1.29, 1.82) is 0 Å². The van der Waals surface area contributed by atoms with Crippen LogP contribution < -0.4 is 15.4 Å². The van der Waals surface area contributed by atoms with Crippen molar-refractivity contribution in [3.63, 3.8) is 0 Å². The van der Waals surface area contributed by atoms with Crippen LogP contribution in [0, 0.1) is 0 Å². The number of aliphatic hydroxyl groups is 1. The first-order chi connectivity index (χ1) is 16.3. The molecule has 0 heterocycles. The lowest BCUT2D eigenvalue weighted by Gasteiger charge is -2.19. The van der Waals surface area contributed by atoms with Crippen molar-refractivity contribution >= 4 is 12.1 Å². The minimum Gasteiger partial charge on any atom is -0.506 e. The number of nitrogens with one attached hydrogen (secondary N) is 2. The number of aromatic hydroxyl groups is 1. The molecular formula is C26H28F2N2O4. The number of carbonyl (C=O) groups is 1. The van der Waals surface area contributed by atoms with Crippen LogP contribution in [0.1, 0.15) is 29.7 Å². The Bertz CT molecular complexity index is 1060. The van der Waals surface area contributed by atoms with Gasteiger partial charge in [-0.2, -0.15) is 8.78 Å². The molecule has 0 spiro atoms. The van der Waals surface area contributed by atoms with Gasteiger partial charge in [-0.05, 0) is 48.7 Å². The molecule has 2 atom stereocenters. The van der Waals surface area contributed by atoms with Gasteiger partial charge in [-0.15, -0.1) is 0 Å². The largest absolute Gasteiger partial charge is 0.506 e. The van der Waals surface area contributed by atoms with Gasteiger partial charge in [0.2, 0.25) is 6.41 Å². The maximum Gasteiger partial charge on any atom is 0.306 e. The number of benzene rings is 3. The molecule has 0 saturated heterocycles. The maximum absolute atomic E-state index is 14.3. The van der Waals surface area contributed by atoms with Gasteiger partial charge in [0.1, 0.15) is 11.5 Å². The summed E-state index contributed by atoms with van der Waals surface area (Å²) in [4.78, 5) is 10.6. The molecule has 0 aliphatic rings. The van der Waals surface area contributed by atoms with E-state index in [0.717, 1.165) is 5.56 Å². The summed E-state index contributed by atoms with van der Waals surface area (Å²) in [5.74, 6) is -2.80. The number of anilines is 1.